The van der Waals surface area contributed by atoms with Gasteiger partial charge >= 0.3 is 0 Å². The number of benzene rings is 1. The van der Waals surface area contributed by atoms with Crippen LogP contribution in [0.1, 0.15) is 11.7 Å². The van der Waals surface area contributed by atoms with Crippen molar-refractivity contribution in [1.82, 2.24) is 4.98 Å². The van der Waals surface area contributed by atoms with Crippen molar-refractivity contribution in [2.24, 2.45) is 0 Å². The number of aliphatic hydroxyl groups excluding tert-OH is 1. The summed E-state index contributed by atoms with van der Waals surface area (Å²) in [6, 6.07) is 9.51. The smallest absolute Gasteiger partial charge is 0.184 e. The second kappa shape index (κ2) is 4.96. The molecular weight excluding hydrogens is 222 g/mol. The number of hydrogen-bond donors (Lipinski definition) is 3. The minimum absolute atomic E-state index is 0.428. The van der Waals surface area contributed by atoms with Crippen molar-refractivity contribution in [2.45, 2.75) is 6.10 Å². The minimum Gasteiger partial charge on any atom is -0.389 e. The third-order valence-corrected chi connectivity index (χ3v) is 2.94. The molecule has 84 valence electrons. The topological polar surface area (TPSA) is 71.2 Å². The van der Waals surface area contributed by atoms with Crippen LogP contribution in [0.3, 0.4) is 0 Å². The number of rotatable bonds is 4. The molecule has 0 radical (unpaired) electrons. The molecule has 1 heterocycles. The van der Waals surface area contributed by atoms with Crippen molar-refractivity contribution < 1.29 is 5.11 Å². The molecule has 1 aromatic heterocycles. The highest BCUT2D eigenvalue weighted by molar-refractivity contribution is 7.19. The summed E-state index contributed by atoms with van der Waals surface area (Å²) in [5.74, 6) is 0. The van der Waals surface area contributed by atoms with E-state index in [0.29, 0.717) is 11.5 Å². The monoisotopic (exact) mass is 235 g/mol. The summed E-state index contributed by atoms with van der Waals surface area (Å²) in [6.07, 6.45) is 1.06. The van der Waals surface area contributed by atoms with Gasteiger partial charge in [0, 0.05) is 6.54 Å². The molecule has 4 N–H and O–H groups in total. The molecule has 1 atom stereocenters. The molecule has 0 saturated heterocycles. The first kappa shape index (κ1) is 10.9. The van der Waals surface area contributed by atoms with Crippen molar-refractivity contribution in [3.63, 3.8) is 0 Å². The van der Waals surface area contributed by atoms with Crippen LogP contribution in [0.25, 0.3) is 0 Å². The van der Waals surface area contributed by atoms with E-state index in [2.05, 4.69) is 10.3 Å². The fourth-order valence-electron chi connectivity index (χ4n) is 1.35. The van der Waals surface area contributed by atoms with E-state index < -0.39 is 6.10 Å². The molecule has 2 aromatic rings. The Bertz CT molecular complexity index is 444. The minimum atomic E-state index is -0.536. The quantitative estimate of drug-likeness (QED) is 0.756. The molecule has 0 saturated carbocycles. The SMILES string of the molecule is Nc1cnc(NCC(O)c2ccccc2)s1. The van der Waals surface area contributed by atoms with E-state index in [1.165, 1.54) is 11.3 Å². The number of nitrogens with two attached hydrogens (primary N) is 1. The highest BCUT2D eigenvalue weighted by Gasteiger charge is 2.07. The number of thiazole rings is 1. The van der Waals surface area contributed by atoms with Crippen LogP contribution in [-0.4, -0.2) is 16.6 Å². The van der Waals surface area contributed by atoms with Gasteiger partial charge in [-0.25, -0.2) is 4.98 Å². The lowest BCUT2D eigenvalue weighted by molar-refractivity contribution is 0.191. The fraction of sp³-hybridized carbons (Fsp3) is 0.182. The summed E-state index contributed by atoms with van der Waals surface area (Å²) in [4.78, 5) is 4.05. The number of nitrogens with one attached hydrogen (secondary N) is 1. The van der Waals surface area contributed by atoms with Gasteiger partial charge in [-0.3, -0.25) is 0 Å². The van der Waals surface area contributed by atoms with Gasteiger partial charge in [-0.05, 0) is 5.56 Å². The van der Waals surface area contributed by atoms with Crippen molar-refractivity contribution in [1.29, 1.82) is 0 Å². The number of aromatic nitrogens is 1. The van der Waals surface area contributed by atoms with Gasteiger partial charge < -0.3 is 16.2 Å². The standard InChI is InChI=1S/C11H13N3OS/c12-10-7-14-11(16-10)13-6-9(15)8-4-2-1-3-5-8/h1-5,7,9,15H,6,12H2,(H,13,14). The summed E-state index contributed by atoms with van der Waals surface area (Å²) in [7, 11) is 0. The highest BCUT2D eigenvalue weighted by Crippen LogP contribution is 2.20. The number of hydrogen-bond acceptors (Lipinski definition) is 5. The Morgan fingerprint density at radius 2 is 2.12 bits per heavy atom. The summed E-state index contributed by atoms with van der Waals surface area (Å²) in [5, 5.41) is 14.3. The van der Waals surface area contributed by atoms with Crippen LogP contribution in [0, 0.1) is 0 Å². The van der Waals surface area contributed by atoms with Crippen molar-refractivity contribution >= 4 is 21.5 Å². The van der Waals surface area contributed by atoms with Crippen LogP contribution in [0.4, 0.5) is 10.1 Å². The van der Waals surface area contributed by atoms with Crippen LogP contribution in [0.15, 0.2) is 36.5 Å². The zero-order chi connectivity index (χ0) is 11.4. The molecule has 0 spiro atoms. The number of nitrogen functional groups attached to an aromatic ring is 1. The Morgan fingerprint density at radius 1 is 1.38 bits per heavy atom. The number of anilines is 2. The Morgan fingerprint density at radius 3 is 2.75 bits per heavy atom. The third kappa shape index (κ3) is 2.71. The third-order valence-electron chi connectivity index (χ3n) is 2.15. The average molecular weight is 235 g/mol. The molecular formula is C11H13N3OS. The van der Waals surface area contributed by atoms with Gasteiger partial charge in [-0.1, -0.05) is 41.7 Å². The Hall–Kier alpha value is -1.59. The largest absolute Gasteiger partial charge is 0.389 e. The molecule has 2 rings (SSSR count). The van der Waals surface area contributed by atoms with E-state index in [1.54, 1.807) is 6.20 Å². The Kier molecular flexibility index (Phi) is 3.38. The predicted octanol–water partition coefficient (Wildman–Crippen LogP) is 1.87. The molecule has 1 unspecified atom stereocenters. The lowest BCUT2D eigenvalue weighted by Gasteiger charge is -2.10. The average Bonchev–Trinajstić information content (AvgIpc) is 2.73. The molecule has 0 fully saturated rings. The van der Waals surface area contributed by atoms with Gasteiger partial charge in [0.05, 0.1) is 12.3 Å². The van der Waals surface area contributed by atoms with Gasteiger partial charge in [-0.15, -0.1) is 0 Å². The highest BCUT2D eigenvalue weighted by atomic mass is 32.1. The first-order valence-electron chi connectivity index (χ1n) is 4.94. The summed E-state index contributed by atoms with van der Waals surface area (Å²) >= 11 is 1.37. The molecule has 0 aliphatic rings. The second-order valence-electron chi connectivity index (χ2n) is 3.38. The normalized spacial score (nSPS) is 12.3. The van der Waals surface area contributed by atoms with Crippen LogP contribution >= 0.6 is 11.3 Å². The van der Waals surface area contributed by atoms with Crippen LogP contribution < -0.4 is 11.1 Å². The molecule has 4 nitrogen and oxygen atoms in total. The van der Waals surface area contributed by atoms with E-state index >= 15 is 0 Å². The fourth-order valence-corrected chi connectivity index (χ4v) is 1.93. The van der Waals surface area contributed by atoms with Gasteiger partial charge in [0.15, 0.2) is 5.13 Å². The van der Waals surface area contributed by atoms with Crippen LogP contribution in [0.5, 0.6) is 0 Å². The zero-order valence-corrected chi connectivity index (χ0v) is 9.45. The van der Waals surface area contributed by atoms with Gasteiger partial charge in [0.25, 0.3) is 0 Å². The summed E-state index contributed by atoms with van der Waals surface area (Å²) < 4.78 is 0. The Balaban J connectivity index is 1.91. The van der Waals surface area contributed by atoms with Crippen molar-refractivity contribution in [2.75, 3.05) is 17.6 Å². The van der Waals surface area contributed by atoms with Gasteiger partial charge in [-0.2, -0.15) is 0 Å². The zero-order valence-electron chi connectivity index (χ0n) is 8.63. The Labute approximate surface area is 97.8 Å². The second-order valence-corrected chi connectivity index (χ2v) is 4.44. The predicted molar refractivity (Wildman–Crippen MR) is 66.4 cm³/mol. The summed E-state index contributed by atoms with van der Waals surface area (Å²) in [6.45, 7) is 0.428. The number of nitrogens with zero attached hydrogens (tertiary/aromatic N) is 1. The molecule has 0 aliphatic heterocycles. The lowest BCUT2D eigenvalue weighted by Crippen LogP contribution is -2.11. The number of aliphatic hydroxyl groups is 1. The maximum atomic E-state index is 9.87. The van der Waals surface area contributed by atoms with E-state index in [0.717, 1.165) is 10.7 Å². The maximum Gasteiger partial charge on any atom is 0.184 e. The molecule has 0 aliphatic carbocycles. The van der Waals surface area contributed by atoms with Gasteiger partial charge in [0.2, 0.25) is 0 Å². The lowest BCUT2D eigenvalue weighted by atomic mass is 10.1. The van der Waals surface area contributed by atoms with E-state index in [4.69, 9.17) is 5.73 Å². The maximum absolute atomic E-state index is 9.87. The summed E-state index contributed by atoms with van der Waals surface area (Å²) in [5.41, 5.74) is 6.44. The molecule has 1 aromatic carbocycles. The van der Waals surface area contributed by atoms with E-state index in [9.17, 15) is 5.11 Å². The van der Waals surface area contributed by atoms with Crippen LogP contribution in [-0.2, 0) is 0 Å². The molecule has 0 amide bonds. The molecule has 0 bridgehead atoms. The first-order chi connectivity index (χ1) is 7.75. The van der Waals surface area contributed by atoms with Crippen molar-refractivity contribution in [3.05, 3.63) is 42.1 Å². The van der Waals surface area contributed by atoms with E-state index in [1.807, 2.05) is 30.3 Å². The van der Waals surface area contributed by atoms with E-state index in [-0.39, 0.29) is 0 Å². The molecule has 5 heteroatoms. The molecule has 16 heavy (non-hydrogen) atoms. The van der Waals surface area contributed by atoms with Gasteiger partial charge in [0.1, 0.15) is 5.00 Å². The first-order valence-corrected chi connectivity index (χ1v) is 5.75. The van der Waals surface area contributed by atoms with Crippen molar-refractivity contribution in [3.8, 4) is 0 Å². The van der Waals surface area contributed by atoms with Crippen LogP contribution in [0.2, 0.25) is 0 Å².